The molecule has 1 aromatic heterocycles. The highest BCUT2D eigenvalue weighted by Crippen LogP contribution is 2.33. The molecular weight excluding hydrogens is 606 g/mol. The number of amides is 1. The van der Waals surface area contributed by atoms with E-state index in [1.54, 1.807) is 54.6 Å². The Kier molecular flexibility index (Phi) is 9.50. The first-order valence-electron chi connectivity index (χ1n) is 14.1. The molecular formula is C32H32ClN3O7S. The number of rotatable bonds is 10. The maximum Gasteiger partial charge on any atom is 0.353 e. The van der Waals surface area contributed by atoms with Crippen molar-refractivity contribution in [2.24, 2.45) is 0 Å². The fraction of sp³-hybridized carbons (Fsp3) is 0.281. The maximum atomic E-state index is 13.6. The average Bonchev–Trinajstić information content (AvgIpc) is 3.00. The topological polar surface area (TPSA) is 135 Å². The number of fused-ring (bicyclic) bond motifs is 1. The van der Waals surface area contributed by atoms with Crippen LogP contribution in [0.5, 0.6) is 0 Å². The number of morpholine rings is 1. The first-order chi connectivity index (χ1) is 21.0. The minimum Gasteiger partial charge on any atom is -0.477 e. The number of aromatic carboxylic acids is 1. The number of hydrogen-bond acceptors (Lipinski definition) is 7. The number of carboxylic acid groups (broad SMARTS) is 1. The molecule has 12 heteroatoms. The predicted molar refractivity (Wildman–Crippen MR) is 168 cm³/mol. The monoisotopic (exact) mass is 637 g/mol. The van der Waals surface area contributed by atoms with Crippen molar-refractivity contribution in [3.8, 4) is 11.1 Å². The molecule has 2 heterocycles. The number of aromatic nitrogens is 1. The molecule has 1 amide bonds. The first kappa shape index (κ1) is 31.4. The van der Waals surface area contributed by atoms with Crippen molar-refractivity contribution in [2.75, 3.05) is 45.6 Å². The van der Waals surface area contributed by atoms with E-state index in [1.165, 1.54) is 16.7 Å². The highest BCUT2D eigenvalue weighted by atomic mass is 35.5. The van der Waals surface area contributed by atoms with Crippen LogP contribution in [0.15, 0.2) is 76.4 Å². The van der Waals surface area contributed by atoms with Gasteiger partial charge >= 0.3 is 5.97 Å². The van der Waals surface area contributed by atoms with Crippen molar-refractivity contribution in [1.29, 1.82) is 0 Å². The molecule has 0 aliphatic carbocycles. The molecule has 44 heavy (non-hydrogen) atoms. The van der Waals surface area contributed by atoms with E-state index >= 15 is 0 Å². The Bertz CT molecular complexity index is 1870. The Morgan fingerprint density at radius 3 is 2.30 bits per heavy atom. The van der Waals surface area contributed by atoms with Gasteiger partial charge in [-0.25, -0.2) is 13.2 Å². The van der Waals surface area contributed by atoms with E-state index in [4.69, 9.17) is 16.3 Å². The van der Waals surface area contributed by atoms with Gasteiger partial charge in [0.05, 0.1) is 24.7 Å². The van der Waals surface area contributed by atoms with Crippen LogP contribution in [-0.4, -0.2) is 80.5 Å². The van der Waals surface area contributed by atoms with Crippen molar-refractivity contribution in [3.63, 3.8) is 0 Å². The van der Waals surface area contributed by atoms with Gasteiger partial charge < -0.3 is 15.2 Å². The van der Waals surface area contributed by atoms with Crippen LogP contribution < -0.4 is 10.9 Å². The van der Waals surface area contributed by atoms with Gasteiger partial charge in [0.15, 0.2) is 9.84 Å². The van der Waals surface area contributed by atoms with Crippen molar-refractivity contribution in [3.05, 3.63) is 98.9 Å². The zero-order chi connectivity index (χ0) is 31.4. The molecule has 0 atom stereocenters. The van der Waals surface area contributed by atoms with Gasteiger partial charge in [-0.05, 0) is 71.9 Å². The number of halogens is 1. The number of nitrogens with one attached hydrogen (secondary N) is 1. The van der Waals surface area contributed by atoms with Gasteiger partial charge in [0.25, 0.3) is 11.5 Å². The summed E-state index contributed by atoms with van der Waals surface area (Å²) in [5, 5.41) is 14.3. The number of benzene rings is 3. The zero-order valence-electron chi connectivity index (χ0n) is 24.1. The van der Waals surface area contributed by atoms with Crippen molar-refractivity contribution in [1.82, 2.24) is 14.8 Å². The summed E-state index contributed by atoms with van der Waals surface area (Å²) >= 11 is 6.29. The third-order valence-electron chi connectivity index (χ3n) is 7.60. The summed E-state index contributed by atoms with van der Waals surface area (Å²) in [7, 11) is -3.43. The number of sulfone groups is 1. The molecule has 2 N–H and O–H groups in total. The number of carbonyl (C=O) groups excluding carboxylic acids is 1. The van der Waals surface area contributed by atoms with Gasteiger partial charge in [-0.3, -0.25) is 19.1 Å². The number of pyridine rings is 1. The van der Waals surface area contributed by atoms with Crippen LogP contribution in [0.3, 0.4) is 0 Å². The summed E-state index contributed by atoms with van der Waals surface area (Å²) in [5.41, 5.74) is 0.940. The van der Waals surface area contributed by atoms with Gasteiger partial charge in [-0.1, -0.05) is 35.9 Å². The number of hydrogen-bond donors (Lipinski definition) is 2. The maximum absolute atomic E-state index is 13.6. The van der Waals surface area contributed by atoms with Crippen LogP contribution in [-0.2, 0) is 21.1 Å². The van der Waals surface area contributed by atoms with Crippen LogP contribution in [0, 0.1) is 0 Å². The number of carbonyl (C=O) groups is 2. The Morgan fingerprint density at radius 1 is 0.977 bits per heavy atom. The molecule has 1 aliphatic rings. The second kappa shape index (κ2) is 13.3. The minimum absolute atomic E-state index is 0.110. The van der Waals surface area contributed by atoms with E-state index in [2.05, 4.69) is 10.2 Å². The average molecular weight is 638 g/mol. The van der Waals surface area contributed by atoms with Gasteiger partial charge in [0, 0.05) is 47.4 Å². The lowest BCUT2D eigenvalue weighted by Gasteiger charge is -2.26. The van der Waals surface area contributed by atoms with Crippen LogP contribution in [0.25, 0.3) is 21.9 Å². The highest BCUT2D eigenvalue weighted by Gasteiger charge is 2.24. The van der Waals surface area contributed by atoms with Crippen LogP contribution in [0.4, 0.5) is 0 Å². The molecule has 0 unspecified atom stereocenters. The summed E-state index contributed by atoms with van der Waals surface area (Å²) in [6.07, 6.45) is 1.90. The Hall–Kier alpha value is -4.03. The fourth-order valence-corrected chi connectivity index (χ4v) is 6.13. The highest BCUT2D eigenvalue weighted by molar-refractivity contribution is 7.90. The Labute approximate surface area is 259 Å². The smallest absolute Gasteiger partial charge is 0.353 e. The van der Waals surface area contributed by atoms with Gasteiger partial charge in [-0.2, -0.15) is 0 Å². The molecule has 3 aromatic carbocycles. The molecule has 10 nitrogen and oxygen atoms in total. The lowest BCUT2D eigenvalue weighted by Crippen LogP contribution is -2.38. The van der Waals surface area contributed by atoms with Crippen LogP contribution >= 0.6 is 11.6 Å². The number of carboxylic acids is 1. The van der Waals surface area contributed by atoms with Crippen LogP contribution in [0.1, 0.15) is 32.8 Å². The van der Waals surface area contributed by atoms with Crippen molar-refractivity contribution in [2.45, 2.75) is 17.9 Å². The second-order valence-corrected chi connectivity index (χ2v) is 13.1. The lowest BCUT2D eigenvalue weighted by atomic mass is 9.95. The zero-order valence-corrected chi connectivity index (χ0v) is 25.7. The number of ether oxygens (including phenoxy) is 1. The molecule has 0 saturated carbocycles. The van der Waals surface area contributed by atoms with E-state index in [0.717, 1.165) is 45.5 Å². The quantitative estimate of drug-likeness (QED) is 0.250. The van der Waals surface area contributed by atoms with E-state index < -0.39 is 21.4 Å². The van der Waals surface area contributed by atoms with Gasteiger partial charge in [0.2, 0.25) is 0 Å². The predicted octanol–water partition coefficient (Wildman–Crippen LogP) is 3.92. The van der Waals surface area contributed by atoms with Crippen LogP contribution in [0.2, 0.25) is 5.02 Å². The van der Waals surface area contributed by atoms with E-state index in [1.807, 2.05) is 0 Å². The Morgan fingerprint density at radius 2 is 1.66 bits per heavy atom. The largest absolute Gasteiger partial charge is 0.477 e. The molecule has 1 saturated heterocycles. The van der Waals surface area contributed by atoms with Gasteiger partial charge in [-0.15, -0.1) is 0 Å². The Balaban J connectivity index is 1.47. The van der Waals surface area contributed by atoms with E-state index in [-0.39, 0.29) is 34.0 Å². The normalized spacial score (nSPS) is 14.0. The second-order valence-electron chi connectivity index (χ2n) is 10.7. The number of nitrogens with zero attached hydrogens (tertiary/aromatic N) is 2. The molecule has 0 radical (unpaired) electrons. The SMILES string of the molecule is CS(=O)(=O)c1ccc(Cn2c(C(=O)O)c(-c3ccc(C(=O)NCCCN4CCOCC4)cc3)c3cc(Cl)ccc3c2=O)cc1. The third-order valence-corrected chi connectivity index (χ3v) is 8.97. The molecule has 1 fully saturated rings. The summed E-state index contributed by atoms with van der Waals surface area (Å²) in [4.78, 5) is 41.6. The molecule has 5 rings (SSSR count). The molecule has 230 valence electrons. The summed E-state index contributed by atoms with van der Waals surface area (Å²) < 4.78 is 30.3. The molecule has 0 bridgehead atoms. The van der Waals surface area contributed by atoms with E-state index in [0.29, 0.717) is 33.6 Å². The standard InChI is InChI=1S/C32H32ClN3O7S/c1-44(41,42)25-10-3-21(4-11-25)20-36-29(32(39)40)28(27-19-24(33)9-12-26(27)31(36)38)22-5-7-23(8-6-22)30(37)34-13-2-14-35-15-17-43-18-16-35/h3-12,19H,2,13-18,20H2,1H3,(H,34,37)(H,39,40). The summed E-state index contributed by atoms with van der Waals surface area (Å²) in [5.74, 6) is -1.57. The lowest BCUT2D eigenvalue weighted by molar-refractivity contribution is 0.0374. The summed E-state index contributed by atoms with van der Waals surface area (Å²) in [6, 6.07) is 17.2. The minimum atomic E-state index is -3.43. The third kappa shape index (κ3) is 7.02. The van der Waals surface area contributed by atoms with Crippen molar-refractivity contribution >= 4 is 44.1 Å². The summed E-state index contributed by atoms with van der Waals surface area (Å²) in [6.45, 7) is 4.49. The van der Waals surface area contributed by atoms with Gasteiger partial charge in [0.1, 0.15) is 5.69 Å². The molecule has 4 aromatic rings. The fourth-order valence-electron chi connectivity index (χ4n) is 5.33. The van der Waals surface area contributed by atoms with Crippen molar-refractivity contribution < 1.29 is 27.9 Å². The van der Waals surface area contributed by atoms with E-state index in [9.17, 15) is 27.9 Å². The molecule has 0 spiro atoms. The first-order valence-corrected chi connectivity index (χ1v) is 16.4. The molecule has 1 aliphatic heterocycles.